The second-order valence-corrected chi connectivity index (χ2v) is 6.54. The first-order chi connectivity index (χ1) is 10.2. The van der Waals surface area contributed by atoms with Crippen molar-refractivity contribution in [1.82, 2.24) is 9.55 Å². The van der Waals surface area contributed by atoms with Gasteiger partial charge in [-0.05, 0) is 35.9 Å². The molecule has 0 aliphatic rings. The summed E-state index contributed by atoms with van der Waals surface area (Å²) in [5.41, 5.74) is 9.21. The van der Waals surface area contributed by atoms with Gasteiger partial charge in [-0.3, -0.25) is 0 Å². The van der Waals surface area contributed by atoms with Gasteiger partial charge in [0.2, 0.25) is 0 Å². The Morgan fingerprint density at radius 3 is 2.62 bits per heavy atom. The lowest BCUT2D eigenvalue weighted by Crippen LogP contribution is -1.91. The summed E-state index contributed by atoms with van der Waals surface area (Å²) in [7, 11) is 0. The molecule has 3 rings (SSSR count). The van der Waals surface area contributed by atoms with E-state index in [4.69, 9.17) is 5.73 Å². The van der Waals surface area contributed by atoms with E-state index in [0.29, 0.717) is 0 Å². The second-order valence-electron chi connectivity index (χ2n) is 4.61. The van der Waals surface area contributed by atoms with E-state index < -0.39 is 0 Å². The van der Waals surface area contributed by atoms with Gasteiger partial charge in [0.15, 0.2) is 0 Å². The number of hydrogen-bond donors (Lipinski definition) is 1. The van der Waals surface area contributed by atoms with E-state index in [0.717, 1.165) is 26.5 Å². The Morgan fingerprint density at radius 2 is 1.95 bits per heavy atom. The maximum atomic E-state index is 6.01. The van der Waals surface area contributed by atoms with Crippen LogP contribution in [0.25, 0.3) is 5.69 Å². The standard InChI is InChI=1S/C16H14BrN3S/c17-13-3-6-16(15(18)9-13)21-10-12-1-4-14(5-2-12)20-8-7-19-11-20/h1-9,11H,10,18H2. The van der Waals surface area contributed by atoms with Crippen molar-refractivity contribution < 1.29 is 0 Å². The number of anilines is 1. The largest absolute Gasteiger partial charge is 0.398 e. The molecule has 0 unspecified atom stereocenters. The van der Waals surface area contributed by atoms with Gasteiger partial charge in [0, 0.05) is 38.9 Å². The van der Waals surface area contributed by atoms with Gasteiger partial charge in [0.05, 0.1) is 6.33 Å². The summed E-state index contributed by atoms with van der Waals surface area (Å²) in [5.74, 6) is 0.899. The van der Waals surface area contributed by atoms with Crippen LogP contribution in [0.4, 0.5) is 5.69 Å². The third kappa shape index (κ3) is 3.49. The van der Waals surface area contributed by atoms with E-state index in [1.165, 1.54) is 5.56 Å². The average molecular weight is 360 g/mol. The number of imidazole rings is 1. The zero-order valence-electron chi connectivity index (χ0n) is 11.2. The lowest BCUT2D eigenvalue weighted by Gasteiger charge is -2.07. The summed E-state index contributed by atoms with van der Waals surface area (Å²) in [5, 5.41) is 0. The number of halogens is 1. The SMILES string of the molecule is Nc1cc(Br)ccc1SCc1ccc(-n2ccnc2)cc1. The number of aromatic nitrogens is 2. The molecule has 106 valence electrons. The van der Waals surface area contributed by atoms with Gasteiger partial charge >= 0.3 is 0 Å². The van der Waals surface area contributed by atoms with Crippen LogP contribution in [0.5, 0.6) is 0 Å². The Hall–Kier alpha value is -1.72. The third-order valence-electron chi connectivity index (χ3n) is 3.11. The van der Waals surface area contributed by atoms with Crippen LogP contribution in [0, 0.1) is 0 Å². The molecule has 0 spiro atoms. The van der Waals surface area contributed by atoms with Crippen molar-refractivity contribution in [2.45, 2.75) is 10.6 Å². The molecule has 0 amide bonds. The fourth-order valence-electron chi connectivity index (χ4n) is 1.99. The highest BCUT2D eigenvalue weighted by Crippen LogP contribution is 2.30. The van der Waals surface area contributed by atoms with Crippen molar-refractivity contribution in [1.29, 1.82) is 0 Å². The maximum Gasteiger partial charge on any atom is 0.0991 e. The number of nitrogen functional groups attached to an aromatic ring is 1. The van der Waals surface area contributed by atoms with Crippen LogP contribution in [-0.4, -0.2) is 9.55 Å². The summed E-state index contributed by atoms with van der Waals surface area (Å²) < 4.78 is 3.00. The lowest BCUT2D eigenvalue weighted by atomic mass is 10.2. The minimum atomic E-state index is 0.810. The fourth-order valence-corrected chi connectivity index (χ4v) is 3.27. The minimum absolute atomic E-state index is 0.810. The maximum absolute atomic E-state index is 6.01. The highest BCUT2D eigenvalue weighted by atomic mass is 79.9. The average Bonchev–Trinajstić information content (AvgIpc) is 3.01. The predicted octanol–water partition coefficient (Wildman–Crippen LogP) is 4.51. The monoisotopic (exact) mass is 359 g/mol. The van der Waals surface area contributed by atoms with Gasteiger partial charge < -0.3 is 10.3 Å². The zero-order valence-corrected chi connectivity index (χ0v) is 13.6. The number of benzene rings is 2. The van der Waals surface area contributed by atoms with Crippen LogP contribution in [-0.2, 0) is 5.75 Å². The summed E-state index contributed by atoms with van der Waals surface area (Å²) in [6.07, 6.45) is 5.51. The Morgan fingerprint density at radius 1 is 1.14 bits per heavy atom. The summed E-state index contributed by atoms with van der Waals surface area (Å²) >= 11 is 5.17. The van der Waals surface area contributed by atoms with Crippen molar-refractivity contribution >= 4 is 33.4 Å². The molecule has 21 heavy (non-hydrogen) atoms. The molecule has 0 aliphatic carbocycles. The fraction of sp³-hybridized carbons (Fsp3) is 0.0625. The van der Waals surface area contributed by atoms with E-state index >= 15 is 0 Å². The van der Waals surface area contributed by atoms with Crippen LogP contribution in [0.2, 0.25) is 0 Å². The van der Waals surface area contributed by atoms with Crippen LogP contribution in [0.15, 0.2) is 70.6 Å². The van der Waals surface area contributed by atoms with Gasteiger partial charge in [0.25, 0.3) is 0 Å². The zero-order chi connectivity index (χ0) is 14.7. The normalized spacial score (nSPS) is 10.7. The Kier molecular flexibility index (Phi) is 4.31. The topological polar surface area (TPSA) is 43.8 Å². The molecular weight excluding hydrogens is 346 g/mol. The van der Waals surface area contributed by atoms with Crippen molar-refractivity contribution in [2.75, 3.05) is 5.73 Å². The molecule has 0 saturated heterocycles. The predicted molar refractivity (Wildman–Crippen MR) is 91.7 cm³/mol. The molecule has 1 heterocycles. The van der Waals surface area contributed by atoms with E-state index in [-0.39, 0.29) is 0 Å². The molecule has 0 fully saturated rings. The Labute approximate surface area is 136 Å². The highest BCUT2D eigenvalue weighted by Gasteiger charge is 2.02. The third-order valence-corrected chi connectivity index (χ3v) is 4.76. The van der Waals surface area contributed by atoms with Gasteiger partial charge in [-0.15, -0.1) is 11.8 Å². The molecule has 0 aliphatic heterocycles. The number of hydrogen-bond acceptors (Lipinski definition) is 3. The smallest absolute Gasteiger partial charge is 0.0991 e. The van der Waals surface area contributed by atoms with Gasteiger partial charge in [-0.2, -0.15) is 0 Å². The first-order valence-corrected chi connectivity index (χ1v) is 8.25. The van der Waals surface area contributed by atoms with Crippen LogP contribution < -0.4 is 5.73 Å². The molecule has 2 aromatic carbocycles. The molecule has 0 radical (unpaired) electrons. The Bertz CT molecular complexity index is 724. The number of rotatable bonds is 4. The number of nitrogens with zero attached hydrogens (tertiary/aromatic N) is 2. The van der Waals surface area contributed by atoms with Crippen molar-refractivity contribution in [3.63, 3.8) is 0 Å². The summed E-state index contributed by atoms with van der Waals surface area (Å²) in [6.45, 7) is 0. The van der Waals surface area contributed by atoms with E-state index in [1.807, 2.05) is 29.0 Å². The molecule has 3 nitrogen and oxygen atoms in total. The van der Waals surface area contributed by atoms with Gasteiger partial charge in [0.1, 0.15) is 0 Å². The first kappa shape index (κ1) is 14.2. The molecular formula is C16H14BrN3S. The van der Waals surface area contributed by atoms with E-state index in [1.54, 1.807) is 24.3 Å². The number of thioether (sulfide) groups is 1. The lowest BCUT2D eigenvalue weighted by molar-refractivity contribution is 1.05. The molecule has 2 N–H and O–H groups in total. The first-order valence-electron chi connectivity index (χ1n) is 6.47. The molecule has 3 aromatic rings. The van der Waals surface area contributed by atoms with Gasteiger partial charge in [-0.1, -0.05) is 28.1 Å². The van der Waals surface area contributed by atoms with E-state index in [2.05, 4.69) is 45.2 Å². The molecule has 1 aromatic heterocycles. The summed E-state index contributed by atoms with van der Waals surface area (Å²) in [6, 6.07) is 14.5. The van der Waals surface area contributed by atoms with Crippen LogP contribution in [0.1, 0.15) is 5.56 Å². The minimum Gasteiger partial charge on any atom is -0.398 e. The van der Waals surface area contributed by atoms with Crippen molar-refractivity contribution in [2.24, 2.45) is 0 Å². The van der Waals surface area contributed by atoms with Crippen molar-refractivity contribution in [3.8, 4) is 5.69 Å². The Balaban J connectivity index is 1.68. The summed E-state index contributed by atoms with van der Waals surface area (Å²) in [4.78, 5) is 5.16. The second kappa shape index (κ2) is 6.37. The quantitative estimate of drug-likeness (QED) is 0.550. The van der Waals surface area contributed by atoms with Gasteiger partial charge in [-0.25, -0.2) is 4.98 Å². The van der Waals surface area contributed by atoms with E-state index in [9.17, 15) is 0 Å². The molecule has 5 heteroatoms. The molecule has 0 bridgehead atoms. The highest BCUT2D eigenvalue weighted by molar-refractivity contribution is 9.10. The van der Waals surface area contributed by atoms with Crippen LogP contribution in [0.3, 0.4) is 0 Å². The van der Waals surface area contributed by atoms with Crippen molar-refractivity contribution in [3.05, 3.63) is 71.2 Å². The number of nitrogens with two attached hydrogens (primary N) is 1. The molecule has 0 saturated carbocycles. The van der Waals surface area contributed by atoms with Crippen LogP contribution >= 0.6 is 27.7 Å². The molecule has 0 atom stereocenters.